The van der Waals surface area contributed by atoms with E-state index in [4.69, 9.17) is 4.74 Å². The van der Waals surface area contributed by atoms with Gasteiger partial charge in [-0.2, -0.15) is 0 Å². The van der Waals surface area contributed by atoms with Gasteiger partial charge in [0.15, 0.2) is 0 Å². The monoisotopic (exact) mass is 273 g/mol. The van der Waals surface area contributed by atoms with Crippen molar-refractivity contribution in [1.82, 2.24) is 4.57 Å². The van der Waals surface area contributed by atoms with Crippen molar-refractivity contribution < 1.29 is 14.8 Å². The first kappa shape index (κ1) is 14.4. The van der Waals surface area contributed by atoms with Crippen LogP contribution in [0.2, 0.25) is 0 Å². The van der Waals surface area contributed by atoms with Crippen LogP contribution >= 0.6 is 0 Å². The summed E-state index contributed by atoms with van der Waals surface area (Å²) in [5, 5.41) is 18.8. The summed E-state index contributed by atoms with van der Waals surface area (Å²) in [6.07, 6.45) is 1.69. The van der Waals surface area contributed by atoms with Gasteiger partial charge in [-0.05, 0) is 41.7 Å². The lowest BCUT2D eigenvalue weighted by atomic mass is 9.77. The van der Waals surface area contributed by atoms with Crippen LogP contribution in [0.3, 0.4) is 0 Å². The van der Waals surface area contributed by atoms with Crippen LogP contribution in [0.4, 0.5) is 0 Å². The fraction of sp³-hybridized carbons (Fsp3) is 0.214. The van der Waals surface area contributed by atoms with Gasteiger partial charge in [-0.15, -0.1) is 0 Å². The van der Waals surface area contributed by atoms with Crippen LogP contribution < -0.4 is 15.8 Å². The van der Waals surface area contributed by atoms with E-state index < -0.39 is 7.12 Å². The zero-order valence-electron chi connectivity index (χ0n) is 11.4. The molecule has 0 spiro atoms. The molecule has 0 aliphatic rings. The number of pyridine rings is 1. The molecule has 0 aliphatic heterocycles. The minimum absolute atomic E-state index is 0.133. The SMILES string of the molecule is COc1ccc(B(O)O)c(Cn2ccc(C)cc2=O)c1. The van der Waals surface area contributed by atoms with E-state index >= 15 is 0 Å². The van der Waals surface area contributed by atoms with Crippen molar-refractivity contribution in [2.45, 2.75) is 13.5 Å². The van der Waals surface area contributed by atoms with Crippen molar-refractivity contribution in [2.24, 2.45) is 0 Å². The summed E-state index contributed by atoms with van der Waals surface area (Å²) >= 11 is 0. The molecule has 0 saturated carbocycles. The lowest BCUT2D eigenvalue weighted by Crippen LogP contribution is -2.34. The average molecular weight is 273 g/mol. The van der Waals surface area contributed by atoms with Crippen molar-refractivity contribution in [3.8, 4) is 5.75 Å². The number of benzene rings is 1. The van der Waals surface area contributed by atoms with Crippen LogP contribution in [-0.4, -0.2) is 28.8 Å². The molecule has 2 rings (SSSR count). The lowest BCUT2D eigenvalue weighted by molar-refractivity contribution is 0.413. The molecule has 0 atom stereocenters. The number of ether oxygens (including phenoxy) is 1. The topological polar surface area (TPSA) is 71.7 Å². The van der Waals surface area contributed by atoms with E-state index in [0.29, 0.717) is 16.8 Å². The Morgan fingerprint density at radius 1 is 1.25 bits per heavy atom. The second-order valence-electron chi connectivity index (χ2n) is 4.61. The van der Waals surface area contributed by atoms with Crippen molar-refractivity contribution in [3.05, 3.63) is 58.0 Å². The molecule has 0 bridgehead atoms. The molecule has 20 heavy (non-hydrogen) atoms. The molecule has 104 valence electrons. The maximum absolute atomic E-state index is 11.9. The third kappa shape index (κ3) is 3.09. The van der Waals surface area contributed by atoms with Gasteiger partial charge in [-0.3, -0.25) is 4.79 Å². The smallest absolute Gasteiger partial charge is 0.488 e. The predicted octanol–water partition coefficient (Wildman–Crippen LogP) is -0.107. The Bertz CT molecular complexity index is 666. The van der Waals surface area contributed by atoms with Crippen molar-refractivity contribution in [3.63, 3.8) is 0 Å². The van der Waals surface area contributed by atoms with Crippen molar-refractivity contribution in [1.29, 1.82) is 0 Å². The number of methoxy groups -OCH3 is 1. The molecular weight excluding hydrogens is 257 g/mol. The van der Waals surface area contributed by atoms with Crippen LogP contribution in [0.1, 0.15) is 11.1 Å². The number of aryl methyl sites for hydroxylation is 1. The van der Waals surface area contributed by atoms with E-state index in [1.165, 1.54) is 17.7 Å². The van der Waals surface area contributed by atoms with E-state index in [0.717, 1.165) is 5.56 Å². The molecule has 2 N–H and O–H groups in total. The zero-order chi connectivity index (χ0) is 14.7. The summed E-state index contributed by atoms with van der Waals surface area (Å²) in [5.74, 6) is 0.601. The number of hydrogen-bond acceptors (Lipinski definition) is 4. The Balaban J connectivity index is 2.43. The van der Waals surface area contributed by atoms with Gasteiger partial charge in [0.25, 0.3) is 5.56 Å². The molecule has 0 aliphatic carbocycles. The Hall–Kier alpha value is -2.05. The van der Waals surface area contributed by atoms with Gasteiger partial charge in [0.2, 0.25) is 0 Å². The van der Waals surface area contributed by atoms with Gasteiger partial charge in [0, 0.05) is 12.3 Å². The van der Waals surface area contributed by atoms with E-state index in [1.807, 2.05) is 13.0 Å². The van der Waals surface area contributed by atoms with Gasteiger partial charge < -0.3 is 19.4 Å². The normalized spacial score (nSPS) is 10.4. The third-order valence-electron chi connectivity index (χ3n) is 3.12. The van der Waals surface area contributed by atoms with Crippen LogP contribution in [0.15, 0.2) is 41.3 Å². The van der Waals surface area contributed by atoms with E-state index in [-0.39, 0.29) is 12.1 Å². The molecule has 5 nitrogen and oxygen atoms in total. The molecule has 1 heterocycles. The fourth-order valence-electron chi connectivity index (χ4n) is 2.02. The first-order valence-corrected chi connectivity index (χ1v) is 6.21. The van der Waals surface area contributed by atoms with Gasteiger partial charge in [0.1, 0.15) is 5.75 Å². The summed E-state index contributed by atoms with van der Waals surface area (Å²) < 4.78 is 6.63. The van der Waals surface area contributed by atoms with E-state index in [1.54, 1.807) is 24.4 Å². The molecule has 0 fully saturated rings. The number of aromatic nitrogens is 1. The number of rotatable bonds is 4. The highest BCUT2D eigenvalue weighted by atomic mass is 16.5. The minimum Gasteiger partial charge on any atom is -0.497 e. The van der Waals surface area contributed by atoms with Crippen LogP contribution in [0.25, 0.3) is 0 Å². The van der Waals surface area contributed by atoms with Gasteiger partial charge >= 0.3 is 7.12 Å². The Kier molecular flexibility index (Phi) is 4.27. The third-order valence-corrected chi connectivity index (χ3v) is 3.12. The Labute approximate surface area is 117 Å². The second-order valence-corrected chi connectivity index (χ2v) is 4.61. The molecule has 6 heteroatoms. The van der Waals surface area contributed by atoms with Crippen molar-refractivity contribution in [2.75, 3.05) is 7.11 Å². The lowest BCUT2D eigenvalue weighted by Gasteiger charge is -2.12. The van der Waals surface area contributed by atoms with Crippen LogP contribution in [0, 0.1) is 6.92 Å². The van der Waals surface area contributed by atoms with Crippen molar-refractivity contribution >= 4 is 12.6 Å². The summed E-state index contributed by atoms with van der Waals surface area (Å²) in [5.41, 5.74) is 1.74. The van der Waals surface area contributed by atoms with E-state index in [2.05, 4.69) is 0 Å². The maximum atomic E-state index is 11.9. The van der Waals surface area contributed by atoms with Gasteiger partial charge in [-0.1, -0.05) is 6.07 Å². The highest BCUT2D eigenvalue weighted by molar-refractivity contribution is 6.59. The molecule has 1 aromatic carbocycles. The highest BCUT2D eigenvalue weighted by Crippen LogP contribution is 2.12. The fourth-order valence-corrected chi connectivity index (χ4v) is 2.02. The Morgan fingerprint density at radius 3 is 2.60 bits per heavy atom. The average Bonchev–Trinajstić information content (AvgIpc) is 2.41. The molecule has 0 saturated heterocycles. The first-order chi connectivity index (χ1) is 9.51. The first-order valence-electron chi connectivity index (χ1n) is 6.21. The van der Waals surface area contributed by atoms with E-state index in [9.17, 15) is 14.8 Å². The molecule has 0 radical (unpaired) electrons. The highest BCUT2D eigenvalue weighted by Gasteiger charge is 2.17. The molecule has 2 aromatic rings. The molecule has 0 unspecified atom stereocenters. The molecule has 1 aromatic heterocycles. The largest absolute Gasteiger partial charge is 0.497 e. The summed E-state index contributed by atoms with van der Waals surface area (Å²) in [6.45, 7) is 2.10. The standard InChI is InChI=1S/C14H16BNO4/c1-10-5-6-16(14(17)7-10)9-11-8-12(20-2)3-4-13(11)15(18)19/h3-8,18-19H,9H2,1-2H3. The van der Waals surface area contributed by atoms with Crippen LogP contribution in [-0.2, 0) is 6.54 Å². The molecular formula is C14H16BNO4. The number of nitrogens with zero attached hydrogens (tertiary/aromatic N) is 1. The minimum atomic E-state index is -1.59. The second kappa shape index (κ2) is 5.94. The summed E-state index contributed by atoms with van der Waals surface area (Å²) in [6, 6.07) is 8.29. The quantitative estimate of drug-likeness (QED) is 0.763. The zero-order valence-corrected chi connectivity index (χ0v) is 11.4. The summed E-state index contributed by atoms with van der Waals surface area (Å²) in [7, 11) is -0.0521. The maximum Gasteiger partial charge on any atom is 0.488 e. The van der Waals surface area contributed by atoms with Gasteiger partial charge in [0.05, 0.1) is 13.7 Å². The summed E-state index contributed by atoms with van der Waals surface area (Å²) in [4.78, 5) is 11.9. The molecule has 0 amide bonds. The van der Waals surface area contributed by atoms with Gasteiger partial charge in [-0.25, -0.2) is 0 Å². The van der Waals surface area contributed by atoms with Crippen LogP contribution in [0.5, 0.6) is 5.75 Å². The predicted molar refractivity (Wildman–Crippen MR) is 77.4 cm³/mol. The number of hydrogen-bond donors (Lipinski definition) is 2. The Morgan fingerprint density at radius 2 is 2.00 bits per heavy atom.